The van der Waals surface area contributed by atoms with E-state index in [0.717, 1.165) is 18.5 Å². The summed E-state index contributed by atoms with van der Waals surface area (Å²) in [7, 11) is 3.84. The van der Waals surface area contributed by atoms with E-state index in [1.54, 1.807) is 16.7 Å². The highest BCUT2D eigenvalue weighted by Gasteiger charge is 2.34. The van der Waals surface area contributed by atoms with Crippen LogP contribution in [0.1, 0.15) is 12.0 Å². The molecule has 20 heavy (non-hydrogen) atoms. The van der Waals surface area contributed by atoms with Crippen molar-refractivity contribution in [1.29, 1.82) is 0 Å². The number of amides is 1. The second-order valence-corrected chi connectivity index (χ2v) is 6.38. The Labute approximate surface area is 125 Å². The molecule has 1 saturated heterocycles. The van der Waals surface area contributed by atoms with Crippen molar-refractivity contribution in [3.8, 4) is 0 Å². The lowest BCUT2D eigenvalue weighted by atomic mass is 10.1. The van der Waals surface area contributed by atoms with Crippen LogP contribution in [0.5, 0.6) is 0 Å². The number of likely N-dealkylation sites (tertiary alicyclic amines) is 1. The molecule has 0 aliphatic carbocycles. The number of benzene rings is 1. The molecule has 4 nitrogen and oxygen atoms in total. The predicted molar refractivity (Wildman–Crippen MR) is 83.7 cm³/mol. The summed E-state index contributed by atoms with van der Waals surface area (Å²) in [5, 5.41) is 0. The van der Waals surface area contributed by atoms with Crippen molar-refractivity contribution in [3.63, 3.8) is 0 Å². The number of hydrogen-bond acceptors (Lipinski definition) is 4. The van der Waals surface area contributed by atoms with Gasteiger partial charge in [0.1, 0.15) is 0 Å². The molecule has 2 rings (SSSR count). The molecule has 0 saturated carbocycles. The van der Waals surface area contributed by atoms with Crippen molar-refractivity contribution >= 4 is 17.7 Å². The summed E-state index contributed by atoms with van der Waals surface area (Å²) in [5.41, 5.74) is 7.09. The molecule has 0 bridgehead atoms. The summed E-state index contributed by atoms with van der Waals surface area (Å²) in [6.45, 7) is 1.44. The number of carbonyl (C=O) groups is 1. The topological polar surface area (TPSA) is 49.6 Å². The Bertz CT molecular complexity index is 480. The third-order valence-corrected chi connectivity index (χ3v) is 4.52. The van der Waals surface area contributed by atoms with E-state index in [-0.39, 0.29) is 18.0 Å². The van der Waals surface area contributed by atoms with Crippen LogP contribution in [0.4, 0.5) is 0 Å². The normalized spacial score (nSPS) is 23.0. The Morgan fingerprint density at radius 1 is 1.55 bits per heavy atom. The van der Waals surface area contributed by atoms with Crippen LogP contribution in [0, 0.1) is 0 Å². The van der Waals surface area contributed by atoms with Crippen molar-refractivity contribution in [3.05, 3.63) is 29.8 Å². The molecule has 0 radical (unpaired) electrons. The zero-order valence-electron chi connectivity index (χ0n) is 12.4. The summed E-state index contributed by atoms with van der Waals surface area (Å²) >= 11 is 1.72. The second-order valence-electron chi connectivity index (χ2n) is 5.50. The molecule has 5 heteroatoms. The van der Waals surface area contributed by atoms with E-state index < -0.39 is 0 Å². The van der Waals surface area contributed by atoms with Gasteiger partial charge >= 0.3 is 0 Å². The van der Waals surface area contributed by atoms with Crippen LogP contribution < -0.4 is 5.73 Å². The number of nitrogens with zero attached hydrogens (tertiary/aromatic N) is 2. The molecular weight excluding hydrogens is 270 g/mol. The summed E-state index contributed by atoms with van der Waals surface area (Å²) in [6, 6.07) is 8.36. The Morgan fingerprint density at radius 3 is 2.90 bits per heavy atom. The highest BCUT2D eigenvalue weighted by Crippen LogP contribution is 2.19. The van der Waals surface area contributed by atoms with Gasteiger partial charge in [0.15, 0.2) is 0 Å². The molecule has 1 fully saturated rings. The van der Waals surface area contributed by atoms with Crippen LogP contribution in [0.3, 0.4) is 0 Å². The van der Waals surface area contributed by atoms with Gasteiger partial charge in [-0.05, 0) is 37.4 Å². The predicted octanol–water partition coefficient (Wildman–Crippen LogP) is 1.40. The Kier molecular flexibility index (Phi) is 5.07. The molecule has 0 unspecified atom stereocenters. The quantitative estimate of drug-likeness (QED) is 0.853. The van der Waals surface area contributed by atoms with Crippen molar-refractivity contribution in [2.24, 2.45) is 5.73 Å². The second kappa shape index (κ2) is 6.61. The van der Waals surface area contributed by atoms with Gasteiger partial charge in [0.05, 0.1) is 6.04 Å². The lowest BCUT2D eigenvalue weighted by Gasteiger charge is -2.25. The molecule has 1 heterocycles. The molecule has 1 aliphatic rings. The Hall–Kier alpha value is -1.04. The van der Waals surface area contributed by atoms with E-state index >= 15 is 0 Å². The zero-order chi connectivity index (χ0) is 14.7. The molecule has 2 N–H and O–H groups in total. The number of rotatable bonds is 4. The SMILES string of the molecule is CSc1cccc(CN(C)C(=O)[C@@H]2C[C@H](N)CN2C)c1. The highest BCUT2D eigenvalue weighted by atomic mass is 32.2. The fourth-order valence-electron chi connectivity index (χ4n) is 2.70. The molecule has 2 atom stereocenters. The van der Waals surface area contributed by atoms with E-state index in [1.807, 2.05) is 20.2 Å². The highest BCUT2D eigenvalue weighted by molar-refractivity contribution is 7.98. The first-order chi connectivity index (χ1) is 9.51. The number of carbonyl (C=O) groups excluding carboxylic acids is 1. The summed E-state index contributed by atoms with van der Waals surface area (Å²) < 4.78 is 0. The van der Waals surface area contributed by atoms with E-state index in [9.17, 15) is 4.79 Å². The van der Waals surface area contributed by atoms with Gasteiger partial charge in [0.2, 0.25) is 5.91 Å². The smallest absolute Gasteiger partial charge is 0.240 e. The van der Waals surface area contributed by atoms with Gasteiger partial charge in [0.25, 0.3) is 0 Å². The molecule has 1 aliphatic heterocycles. The van der Waals surface area contributed by atoms with Gasteiger partial charge in [-0.3, -0.25) is 9.69 Å². The number of hydrogen-bond donors (Lipinski definition) is 1. The average molecular weight is 293 g/mol. The number of nitrogens with two attached hydrogens (primary N) is 1. The lowest BCUT2D eigenvalue weighted by molar-refractivity contribution is -0.134. The third kappa shape index (κ3) is 3.53. The van der Waals surface area contributed by atoms with Crippen molar-refractivity contribution in [1.82, 2.24) is 9.80 Å². The largest absolute Gasteiger partial charge is 0.340 e. The lowest BCUT2D eigenvalue weighted by Crippen LogP contribution is -2.42. The van der Waals surface area contributed by atoms with Crippen LogP contribution in [-0.4, -0.2) is 54.7 Å². The summed E-state index contributed by atoms with van der Waals surface area (Å²) in [5.74, 6) is 0.162. The molecule has 0 spiro atoms. The van der Waals surface area contributed by atoms with Crippen LogP contribution in [0.25, 0.3) is 0 Å². The van der Waals surface area contributed by atoms with Gasteiger partial charge < -0.3 is 10.6 Å². The maximum absolute atomic E-state index is 12.5. The standard InChI is InChI=1S/C15H23N3OS/c1-17-10-12(16)8-14(17)15(19)18(2)9-11-5-4-6-13(7-11)20-3/h4-7,12,14H,8-10,16H2,1-3H3/t12-,14-/m0/s1. The Morgan fingerprint density at radius 2 is 2.30 bits per heavy atom. The third-order valence-electron chi connectivity index (χ3n) is 3.80. The van der Waals surface area contributed by atoms with Crippen molar-refractivity contribution in [2.45, 2.75) is 29.9 Å². The maximum Gasteiger partial charge on any atom is 0.240 e. The Balaban J connectivity index is 2.00. The first-order valence-electron chi connectivity index (χ1n) is 6.85. The maximum atomic E-state index is 12.5. The summed E-state index contributed by atoms with van der Waals surface area (Å²) in [6.07, 6.45) is 2.81. The molecule has 1 amide bonds. The minimum atomic E-state index is -0.0706. The van der Waals surface area contributed by atoms with Crippen molar-refractivity contribution in [2.75, 3.05) is 26.9 Å². The molecular formula is C15H23N3OS. The van der Waals surface area contributed by atoms with Gasteiger partial charge in [-0.25, -0.2) is 0 Å². The van der Waals surface area contributed by atoms with E-state index in [1.165, 1.54) is 4.90 Å². The van der Waals surface area contributed by atoms with Crippen LogP contribution >= 0.6 is 11.8 Å². The van der Waals surface area contributed by atoms with Crippen LogP contribution in [0.15, 0.2) is 29.2 Å². The van der Waals surface area contributed by atoms with Crippen LogP contribution in [-0.2, 0) is 11.3 Å². The van der Waals surface area contributed by atoms with Gasteiger partial charge in [-0.2, -0.15) is 0 Å². The summed E-state index contributed by atoms with van der Waals surface area (Å²) in [4.78, 5) is 17.6. The molecule has 110 valence electrons. The van der Waals surface area contributed by atoms with E-state index in [2.05, 4.69) is 29.4 Å². The molecule has 0 aromatic heterocycles. The van der Waals surface area contributed by atoms with Gasteiger partial charge in [-0.15, -0.1) is 11.8 Å². The first kappa shape index (κ1) is 15.4. The van der Waals surface area contributed by atoms with E-state index in [0.29, 0.717) is 6.54 Å². The first-order valence-corrected chi connectivity index (χ1v) is 8.07. The minimum absolute atomic E-state index is 0.0706. The monoisotopic (exact) mass is 293 g/mol. The van der Waals surface area contributed by atoms with E-state index in [4.69, 9.17) is 5.73 Å². The van der Waals surface area contributed by atoms with Crippen LogP contribution in [0.2, 0.25) is 0 Å². The van der Waals surface area contributed by atoms with Crippen molar-refractivity contribution < 1.29 is 4.79 Å². The number of likely N-dealkylation sites (N-methyl/N-ethyl adjacent to an activating group) is 2. The van der Waals surface area contributed by atoms with Gasteiger partial charge in [0, 0.05) is 31.1 Å². The molecule has 1 aromatic carbocycles. The zero-order valence-corrected chi connectivity index (χ0v) is 13.2. The minimum Gasteiger partial charge on any atom is -0.340 e. The average Bonchev–Trinajstić information content (AvgIpc) is 2.77. The van der Waals surface area contributed by atoms with Gasteiger partial charge in [-0.1, -0.05) is 12.1 Å². The fraction of sp³-hybridized carbons (Fsp3) is 0.533. The molecule has 1 aromatic rings. The fourth-order valence-corrected chi connectivity index (χ4v) is 3.19. The number of thioether (sulfide) groups is 1.